The van der Waals surface area contributed by atoms with E-state index in [0.717, 1.165) is 29.0 Å². The zero-order valence-electron chi connectivity index (χ0n) is 14.3. The number of piperidine rings is 1. The Morgan fingerprint density at radius 3 is 2.70 bits per heavy atom. The molecule has 1 aliphatic rings. The van der Waals surface area contributed by atoms with Crippen LogP contribution in [0.15, 0.2) is 30.7 Å². The average molecular weight is 369 g/mol. The number of halogens is 2. The molecule has 0 atom stereocenters. The minimum atomic E-state index is -0.916. The van der Waals surface area contributed by atoms with Gasteiger partial charge in [0.2, 0.25) is 0 Å². The van der Waals surface area contributed by atoms with Crippen LogP contribution in [0, 0.1) is 11.6 Å². The van der Waals surface area contributed by atoms with Gasteiger partial charge in [0.15, 0.2) is 11.6 Å². The summed E-state index contributed by atoms with van der Waals surface area (Å²) in [7, 11) is 0. The summed E-state index contributed by atoms with van der Waals surface area (Å²) in [5, 5.41) is 0.969. The molecule has 4 heterocycles. The van der Waals surface area contributed by atoms with Crippen molar-refractivity contribution in [1.29, 1.82) is 0 Å². The third kappa shape index (κ3) is 2.54. The zero-order chi connectivity index (χ0) is 18.6. The molecule has 7 nitrogen and oxygen atoms in total. The molecule has 1 aliphatic heterocycles. The van der Waals surface area contributed by atoms with Gasteiger partial charge in [-0.3, -0.25) is 0 Å². The lowest BCUT2D eigenvalue weighted by molar-refractivity contribution is 0.327. The molecule has 1 aromatic carbocycles. The van der Waals surface area contributed by atoms with E-state index in [4.69, 9.17) is 5.73 Å². The molecular weight excluding hydrogens is 352 g/mol. The lowest BCUT2D eigenvalue weighted by Crippen LogP contribution is -2.49. The molecule has 0 amide bonds. The molecular formula is C18H17F2N7. The second kappa shape index (κ2) is 5.71. The normalized spacial score (nSPS) is 17.1. The number of H-pyrrole nitrogens is 2. The van der Waals surface area contributed by atoms with Gasteiger partial charge in [-0.1, -0.05) is 0 Å². The largest absolute Gasteiger partial charge is 0.356 e. The minimum Gasteiger partial charge on any atom is -0.356 e. The van der Waals surface area contributed by atoms with E-state index < -0.39 is 17.2 Å². The van der Waals surface area contributed by atoms with Gasteiger partial charge in [0.05, 0.1) is 22.0 Å². The van der Waals surface area contributed by atoms with Gasteiger partial charge in [-0.25, -0.2) is 23.7 Å². The first kappa shape index (κ1) is 16.1. The highest BCUT2D eigenvalue weighted by Gasteiger charge is 2.36. The van der Waals surface area contributed by atoms with E-state index in [0.29, 0.717) is 42.8 Å². The summed E-state index contributed by atoms with van der Waals surface area (Å²) in [5.41, 5.74) is 7.54. The second-order valence-electron chi connectivity index (χ2n) is 6.95. The fraction of sp³-hybridized carbons (Fsp3) is 0.278. The van der Waals surface area contributed by atoms with Crippen molar-refractivity contribution in [3.63, 3.8) is 0 Å². The van der Waals surface area contributed by atoms with E-state index in [1.54, 1.807) is 6.33 Å². The van der Waals surface area contributed by atoms with Crippen molar-refractivity contribution in [2.75, 3.05) is 18.0 Å². The van der Waals surface area contributed by atoms with Crippen LogP contribution >= 0.6 is 0 Å². The number of fused-ring (bicyclic) bond motifs is 2. The molecule has 0 spiro atoms. The number of nitrogens with zero attached hydrogens (tertiary/aromatic N) is 4. The second-order valence-corrected chi connectivity index (χ2v) is 6.95. The molecule has 0 unspecified atom stereocenters. The molecule has 4 N–H and O–H groups in total. The Morgan fingerprint density at radius 1 is 1.11 bits per heavy atom. The van der Waals surface area contributed by atoms with Gasteiger partial charge in [0.1, 0.15) is 23.6 Å². The number of aromatic nitrogens is 5. The van der Waals surface area contributed by atoms with Crippen LogP contribution in [0.3, 0.4) is 0 Å². The number of nitrogens with two attached hydrogens (primary N) is 1. The maximum Gasteiger partial charge on any atom is 0.161 e. The molecule has 3 aromatic heterocycles. The van der Waals surface area contributed by atoms with E-state index in [2.05, 4.69) is 29.8 Å². The maximum absolute atomic E-state index is 13.5. The van der Waals surface area contributed by atoms with Crippen LogP contribution in [0.1, 0.15) is 18.7 Å². The summed E-state index contributed by atoms with van der Waals surface area (Å²) in [4.78, 5) is 21.4. The Morgan fingerprint density at radius 2 is 1.89 bits per heavy atom. The van der Waals surface area contributed by atoms with Crippen molar-refractivity contribution < 1.29 is 8.78 Å². The fourth-order valence-electron chi connectivity index (χ4n) is 3.71. The standard InChI is InChI=1S/C18H17F2N7/c19-11-7-13-14(8-12(11)20)26-17(25-13)18(21)2-5-27(6-3-18)16-10-1-4-22-15(10)23-9-24-16/h1,4,7-9H,2-3,5-6,21H2,(H,25,26)(H,22,23,24). The van der Waals surface area contributed by atoms with Crippen molar-refractivity contribution >= 4 is 27.9 Å². The number of anilines is 1. The fourth-order valence-corrected chi connectivity index (χ4v) is 3.71. The van der Waals surface area contributed by atoms with E-state index in [1.807, 2.05) is 12.3 Å². The number of hydrogen-bond donors (Lipinski definition) is 3. The highest BCUT2D eigenvalue weighted by Crippen LogP contribution is 2.33. The number of nitrogens with one attached hydrogen (secondary N) is 2. The molecule has 0 bridgehead atoms. The van der Waals surface area contributed by atoms with Crippen molar-refractivity contribution in [3.8, 4) is 0 Å². The third-order valence-corrected chi connectivity index (χ3v) is 5.28. The number of imidazole rings is 1. The van der Waals surface area contributed by atoms with Crippen molar-refractivity contribution in [1.82, 2.24) is 24.9 Å². The van der Waals surface area contributed by atoms with Crippen molar-refractivity contribution in [2.45, 2.75) is 18.4 Å². The number of hydrogen-bond acceptors (Lipinski definition) is 5. The molecule has 1 saturated heterocycles. The van der Waals surface area contributed by atoms with Gasteiger partial charge in [-0.05, 0) is 18.9 Å². The molecule has 5 rings (SSSR count). The van der Waals surface area contributed by atoms with Crippen molar-refractivity contribution in [3.05, 3.63) is 48.2 Å². The van der Waals surface area contributed by atoms with Crippen LogP contribution in [-0.4, -0.2) is 38.0 Å². The van der Waals surface area contributed by atoms with Gasteiger partial charge in [-0.2, -0.15) is 0 Å². The van der Waals surface area contributed by atoms with E-state index in [9.17, 15) is 8.78 Å². The highest BCUT2D eigenvalue weighted by molar-refractivity contribution is 5.87. The zero-order valence-corrected chi connectivity index (χ0v) is 14.3. The summed E-state index contributed by atoms with van der Waals surface area (Å²) in [6.07, 6.45) is 4.65. The van der Waals surface area contributed by atoms with Crippen LogP contribution in [-0.2, 0) is 5.54 Å². The summed E-state index contributed by atoms with van der Waals surface area (Å²) in [5.74, 6) is -0.396. The molecule has 27 heavy (non-hydrogen) atoms. The van der Waals surface area contributed by atoms with Crippen LogP contribution in [0.5, 0.6) is 0 Å². The molecule has 1 fully saturated rings. The Labute approximate surface area is 152 Å². The minimum absolute atomic E-state index is 0.376. The topological polar surface area (TPSA) is 99.5 Å². The third-order valence-electron chi connectivity index (χ3n) is 5.28. The molecule has 9 heteroatoms. The summed E-state index contributed by atoms with van der Waals surface area (Å²) < 4.78 is 26.9. The maximum atomic E-state index is 13.5. The lowest BCUT2D eigenvalue weighted by Gasteiger charge is -2.38. The Balaban J connectivity index is 1.43. The highest BCUT2D eigenvalue weighted by atomic mass is 19.2. The molecule has 0 radical (unpaired) electrons. The first-order chi connectivity index (χ1) is 13.0. The average Bonchev–Trinajstić information content (AvgIpc) is 3.30. The lowest BCUT2D eigenvalue weighted by atomic mass is 9.88. The number of aromatic amines is 2. The van der Waals surface area contributed by atoms with Gasteiger partial charge in [0.25, 0.3) is 0 Å². The predicted octanol–water partition coefficient (Wildman–Crippen LogP) is 2.57. The SMILES string of the molecule is NC1(c2nc3cc(F)c(F)cc3[nH]2)CCN(c2ncnc3[nH]ccc23)CC1. The van der Waals surface area contributed by atoms with Crippen LogP contribution < -0.4 is 10.6 Å². The van der Waals surface area contributed by atoms with E-state index in [-0.39, 0.29) is 0 Å². The Bertz CT molecular complexity index is 1100. The molecule has 138 valence electrons. The smallest absolute Gasteiger partial charge is 0.161 e. The van der Waals surface area contributed by atoms with Gasteiger partial charge < -0.3 is 20.6 Å². The van der Waals surface area contributed by atoms with Crippen LogP contribution in [0.4, 0.5) is 14.6 Å². The van der Waals surface area contributed by atoms with Gasteiger partial charge in [-0.15, -0.1) is 0 Å². The molecule has 0 aliphatic carbocycles. The first-order valence-corrected chi connectivity index (χ1v) is 8.71. The van der Waals surface area contributed by atoms with Crippen molar-refractivity contribution in [2.24, 2.45) is 5.73 Å². The van der Waals surface area contributed by atoms with Gasteiger partial charge in [0, 0.05) is 31.4 Å². The monoisotopic (exact) mass is 369 g/mol. The Hall–Kier alpha value is -3.07. The summed E-state index contributed by atoms with van der Waals surface area (Å²) in [6, 6.07) is 4.16. The summed E-state index contributed by atoms with van der Waals surface area (Å²) in [6.45, 7) is 1.38. The molecule has 0 saturated carbocycles. The van der Waals surface area contributed by atoms with Crippen LogP contribution in [0.25, 0.3) is 22.1 Å². The number of rotatable bonds is 2. The molecule has 4 aromatic rings. The summed E-state index contributed by atoms with van der Waals surface area (Å²) >= 11 is 0. The van der Waals surface area contributed by atoms with E-state index >= 15 is 0 Å². The van der Waals surface area contributed by atoms with Crippen LogP contribution in [0.2, 0.25) is 0 Å². The number of benzene rings is 1. The van der Waals surface area contributed by atoms with E-state index in [1.165, 1.54) is 0 Å². The van der Waals surface area contributed by atoms with Gasteiger partial charge >= 0.3 is 0 Å². The Kier molecular flexibility index (Phi) is 3.41. The predicted molar refractivity (Wildman–Crippen MR) is 97.2 cm³/mol. The quantitative estimate of drug-likeness (QED) is 0.504. The first-order valence-electron chi connectivity index (χ1n) is 8.71.